The number of nitrogens with one attached hydrogen (secondary N) is 3. The van der Waals surface area contributed by atoms with Crippen LogP contribution in [-0.2, 0) is 20.9 Å². The predicted molar refractivity (Wildman–Crippen MR) is 130 cm³/mol. The van der Waals surface area contributed by atoms with E-state index < -0.39 is 11.8 Å². The molecule has 0 radical (unpaired) electrons. The van der Waals surface area contributed by atoms with Crippen LogP contribution in [0.3, 0.4) is 0 Å². The number of hydrazone groups is 1. The zero-order valence-electron chi connectivity index (χ0n) is 18.6. The van der Waals surface area contributed by atoms with Crippen molar-refractivity contribution >= 4 is 45.6 Å². The molecule has 0 unspecified atom stereocenters. The lowest BCUT2D eigenvalue weighted by atomic mass is 10.1. The van der Waals surface area contributed by atoms with Gasteiger partial charge in [0.2, 0.25) is 0 Å². The van der Waals surface area contributed by atoms with Crippen molar-refractivity contribution < 1.29 is 23.5 Å². The molecule has 0 atom stereocenters. The summed E-state index contributed by atoms with van der Waals surface area (Å²) in [6.07, 6.45) is 2.79. The summed E-state index contributed by atoms with van der Waals surface area (Å²) in [6, 6.07) is 14.2. The Labute approximate surface area is 204 Å². The molecular formula is C24H23BrN4O5. The second kappa shape index (κ2) is 11.8. The Kier molecular flexibility index (Phi) is 8.58. The minimum Gasteiger partial charge on any atom is -0.483 e. The van der Waals surface area contributed by atoms with Crippen molar-refractivity contribution in [2.75, 3.05) is 11.9 Å². The lowest BCUT2D eigenvalue weighted by Gasteiger charge is -2.13. The number of hydrogen-bond donors (Lipinski definition) is 3. The van der Waals surface area contributed by atoms with Crippen LogP contribution in [-0.4, -0.2) is 30.5 Å². The summed E-state index contributed by atoms with van der Waals surface area (Å²) in [4.78, 5) is 36.2. The van der Waals surface area contributed by atoms with Crippen molar-refractivity contribution in [2.24, 2.45) is 5.10 Å². The van der Waals surface area contributed by atoms with Crippen LogP contribution in [0.1, 0.15) is 22.5 Å². The highest BCUT2D eigenvalue weighted by Gasteiger charge is 2.13. The molecule has 0 saturated carbocycles. The number of halogens is 1. The smallest absolute Gasteiger partial charge is 0.329 e. The van der Waals surface area contributed by atoms with E-state index in [1.807, 2.05) is 32.0 Å². The molecule has 0 saturated heterocycles. The Bertz CT molecular complexity index is 1190. The first kappa shape index (κ1) is 24.7. The summed E-state index contributed by atoms with van der Waals surface area (Å²) in [7, 11) is 0. The second-order valence-electron chi connectivity index (χ2n) is 7.25. The maximum atomic E-state index is 12.4. The maximum Gasteiger partial charge on any atom is 0.329 e. The van der Waals surface area contributed by atoms with Gasteiger partial charge in [-0.05, 0) is 55.3 Å². The summed E-state index contributed by atoms with van der Waals surface area (Å²) in [6.45, 7) is 3.69. The molecular weight excluding hydrogens is 504 g/mol. The number of anilines is 1. The summed E-state index contributed by atoms with van der Waals surface area (Å²) in [5, 5.41) is 9.09. The van der Waals surface area contributed by atoms with Gasteiger partial charge in [-0.3, -0.25) is 14.4 Å². The minimum absolute atomic E-state index is 0.0800. The number of ether oxygens (including phenoxy) is 1. The van der Waals surface area contributed by atoms with Gasteiger partial charge in [0.05, 0.1) is 19.0 Å². The van der Waals surface area contributed by atoms with Crippen LogP contribution in [0.15, 0.2) is 68.8 Å². The first-order valence-corrected chi connectivity index (χ1v) is 11.0. The van der Waals surface area contributed by atoms with Crippen molar-refractivity contribution in [1.82, 2.24) is 10.7 Å². The van der Waals surface area contributed by atoms with Gasteiger partial charge in [0, 0.05) is 15.7 Å². The average Bonchev–Trinajstić information content (AvgIpc) is 3.33. The lowest BCUT2D eigenvalue weighted by molar-refractivity contribution is -0.139. The summed E-state index contributed by atoms with van der Waals surface area (Å²) in [5.74, 6) is -1.22. The van der Waals surface area contributed by atoms with E-state index in [1.54, 1.807) is 30.3 Å². The molecule has 0 aliphatic rings. The summed E-state index contributed by atoms with van der Waals surface area (Å²) < 4.78 is 11.5. The molecule has 3 amide bonds. The quantitative estimate of drug-likeness (QED) is 0.235. The van der Waals surface area contributed by atoms with Crippen LogP contribution >= 0.6 is 15.9 Å². The Hall–Kier alpha value is -3.92. The Morgan fingerprint density at radius 2 is 1.82 bits per heavy atom. The lowest BCUT2D eigenvalue weighted by Crippen LogP contribution is -2.37. The van der Waals surface area contributed by atoms with Crippen molar-refractivity contribution in [3.63, 3.8) is 0 Å². The van der Waals surface area contributed by atoms with Crippen LogP contribution in [0, 0.1) is 13.8 Å². The second-order valence-corrected chi connectivity index (χ2v) is 8.16. The molecule has 1 heterocycles. The molecule has 1 aromatic heterocycles. The SMILES string of the molecule is Cc1cccc(C)c1NC(=O)COc1ccc(Br)cc1/C=N\NC(=O)C(=O)NCc1ccco1. The van der Waals surface area contributed by atoms with Gasteiger partial charge in [-0.1, -0.05) is 34.1 Å². The third-order valence-electron chi connectivity index (χ3n) is 4.66. The monoisotopic (exact) mass is 526 g/mol. The maximum absolute atomic E-state index is 12.4. The molecule has 0 spiro atoms. The Morgan fingerprint density at radius 1 is 1.06 bits per heavy atom. The summed E-state index contributed by atoms with van der Waals surface area (Å²) in [5.41, 5.74) is 5.30. The molecule has 34 heavy (non-hydrogen) atoms. The van der Waals surface area contributed by atoms with Gasteiger partial charge in [0.15, 0.2) is 6.61 Å². The van der Waals surface area contributed by atoms with E-state index in [1.165, 1.54) is 12.5 Å². The topological polar surface area (TPSA) is 122 Å². The molecule has 176 valence electrons. The third kappa shape index (κ3) is 7.04. The number of amides is 3. The molecule has 2 aromatic carbocycles. The number of aryl methyl sites for hydroxylation is 2. The first-order valence-electron chi connectivity index (χ1n) is 10.3. The molecule has 0 aliphatic carbocycles. The van der Waals surface area contributed by atoms with Gasteiger partial charge in [-0.15, -0.1) is 0 Å². The van der Waals surface area contributed by atoms with E-state index in [0.717, 1.165) is 21.3 Å². The Balaban J connectivity index is 1.56. The zero-order valence-corrected chi connectivity index (χ0v) is 20.1. The van der Waals surface area contributed by atoms with E-state index in [-0.39, 0.29) is 19.1 Å². The molecule has 10 heteroatoms. The van der Waals surface area contributed by atoms with E-state index in [2.05, 4.69) is 37.1 Å². The molecule has 3 rings (SSSR count). The number of hydrogen-bond acceptors (Lipinski definition) is 6. The van der Waals surface area contributed by atoms with E-state index in [4.69, 9.17) is 9.15 Å². The average molecular weight is 527 g/mol. The number of furan rings is 1. The van der Waals surface area contributed by atoms with Gasteiger partial charge in [-0.25, -0.2) is 5.43 Å². The molecule has 9 nitrogen and oxygen atoms in total. The fraction of sp³-hybridized carbons (Fsp3) is 0.167. The minimum atomic E-state index is -0.937. The van der Waals surface area contributed by atoms with Crippen LogP contribution in [0.25, 0.3) is 0 Å². The standard InChI is InChI=1S/C24H23BrN4O5/c1-15-5-3-6-16(2)22(15)28-21(30)14-34-20-9-8-18(25)11-17(20)12-27-29-24(32)23(31)26-13-19-7-4-10-33-19/h3-12H,13-14H2,1-2H3,(H,26,31)(H,28,30)(H,29,32)/b27-12-. The van der Waals surface area contributed by atoms with Gasteiger partial charge < -0.3 is 19.8 Å². The van der Waals surface area contributed by atoms with Crippen LogP contribution in [0.4, 0.5) is 5.69 Å². The van der Waals surface area contributed by atoms with Crippen LogP contribution < -0.4 is 20.8 Å². The highest BCUT2D eigenvalue weighted by molar-refractivity contribution is 9.10. The van der Waals surface area contributed by atoms with Crippen molar-refractivity contribution in [2.45, 2.75) is 20.4 Å². The number of nitrogens with zero attached hydrogens (tertiary/aromatic N) is 1. The van der Waals surface area contributed by atoms with E-state index in [0.29, 0.717) is 17.1 Å². The number of rotatable bonds is 8. The third-order valence-corrected chi connectivity index (χ3v) is 5.15. The van der Waals surface area contributed by atoms with Crippen molar-refractivity contribution in [3.05, 3.63) is 81.7 Å². The zero-order chi connectivity index (χ0) is 24.5. The van der Waals surface area contributed by atoms with Gasteiger partial charge in [0.25, 0.3) is 5.91 Å². The van der Waals surface area contributed by atoms with Gasteiger partial charge >= 0.3 is 11.8 Å². The van der Waals surface area contributed by atoms with E-state index in [9.17, 15) is 14.4 Å². The molecule has 0 aliphatic heterocycles. The number of carbonyl (C=O) groups excluding carboxylic acids is 3. The summed E-state index contributed by atoms with van der Waals surface area (Å²) >= 11 is 3.36. The van der Waals surface area contributed by atoms with E-state index >= 15 is 0 Å². The van der Waals surface area contributed by atoms with Crippen molar-refractivity contribution in [1.29, 1.82) is 0 Å². The first-order chi connectivity index (χ1) is 16.3. The normalized spacial score (nSPS) is 10.7. The fourth-order valence-corrected chi connectivity index (χ4v) is 3.33. The molecule has 3 N–H and O–H groups in total. The van der Waals surface area contributed by atoms with Crippen LogP contribution in [0.2, 0.25) is 0 Å². The Morgan fingerprint density at radius 3 is 2.53 bits per heavy atom. The fourth-order valence-electron chi connectivity index (χ4n) is 2.95. The predicted octanol–water partition coefficient (Wildman–Crippen LogP) is 3.44. The van der Waals surface area contributed by atoms with Crippen molar-refractivity contribution in [3.8, 4) is 5.75 Å². The highest BCUT2D eigenvalue weighted by atomic mass is 79.9. The number of para-hydroxylation sites is 1. The molecule has 3 aromatic rings. The van der Waals surface area contributed by atoms with Crippen LogP contribution in [0.5, 0.6) is 5.75 Å². The highest BCUT2D eigenvalue weighted by Crippen LogP contribution is 2.23. The van der Waals surface area contributed by atoms with Gasteiger partial charge in [-0.2, -0.15) is 5.10 Å². The molecule has 0 bridgehead atoms. The largest absolute Gasteiger partial charge is 0.483 e. The number of carbonyl (C=O) groups is 3. The van der Waals surface area contributed by atoms with Gasteiger partial charge in [0.1, 0.15) is 11.5 Å². The number of benzene rings is 2. The molecule has 0 fully saturated rings.